The highest BCUT2D eigenvalue weighted by Gasteiger charge is 2.69. The molecule has 2 N–H and O–H groups in total. The Balaban J connectivity index is 1.43. The molecule has 6 rings (SSSR count). The van der Waals surface area contributed by atoms with Crippen LogP contribution < -0.4 is 9.44 Å². The number of nitrogens with one attached hydrogen (secondary N) is 2. The predicted octanol–water partition coefficient (Wildman–Crippen LogP) is 4.38. The molecule has 36 heavy (non-hydrogen) atoms. The van der Waals surface area contributed by atoms with Gasteiger partial charge >= 0.3 is 0 Å². The van der Waals surface area contributed by atoms with Gasteiger partial charge in [0.2, 0.25) is 0 Å². The van der Waals surface area contributed by atoms with Crippen molar-refractivity contribution in [3.8, 4) is 0 Å². The van der Waals surface area contributed by atoms with Crippen molar-refractivity contribution >= 4 is 37.2 Å². The summed E-state index contributed by atoms with van der Waals surface area (Å²) in [6, 6.07) is 15.9. The summed E-state index contributed by atoms with van der Waals surface area (Å²) in [5, 5.41) is 0. The molecular weight excluding hydrogens is 500 g/mol. The van der Waals surface area contributed by atoms with E-state index >= 15 is 0 Å². The summed E-state index contributed by atoms with van der Waals surface area (Å²) in [5.74, 6) is -0.0747. The summed E-state index contributed by atoms with van der Waals surface area (Å²) in [7, 11) is -7.87. The summed E-state index contributed by atoms with van der Waals surface area (Å²) < 4.78 is 63.9. The number of carbonyl (C=O) groups is 1. The standard InChI is InChI=1S/C26H24N2O6S2/c1-15-3-7-17(8-4-15)35(30,31)27-19-11-12-20(28-36(32,33)18-9-5-16(2)6-10-18)22-21(19)23-24(29)26(13-14-26)25(22)34-23/h3-12,23,25,27-28H,13-14H2,1-2H3. The van der Waals surface area contributed by atoms with Crippen LogP contribution in [0.25, 0.3) is 0 Å². The van der Waals surface area contributed by atoms with E-state index in [-0.39, 0.29) is 26.9 Å². The van der Waals surface area contributed by atoms with Gasteiger partial charge in [0.1, 0.15) is 6.10 Å². The van der Waals surface area contributed by atoms with E-state index in [9.17, 15) is 21.6 Å². The Morgan fingerprint density at radius 1 is 0.722 bits per heavy atom. The highest BCUT2D eigenvalue weighted by atomic mass is 32.2. The van der Waals surface area contributed by atoms with Gasteiger partial charge in [0, 0.05) is 11.1 Å². The average molecular weight is 525 g/mol. The fourth-order valence-corrected chi connectivity index (χ4v) is 7.29. The van der Waals surface area contributed by atoms with Crippen LogP contribution in [0.3, 0.4) is 0 Å². The highest BCUT2D eigenvalue weighted by molar-refractivity contribution is 7.93. The molecule has 3 aromatic rings. The molecule has 0 amide bonds. The molecule has 2 heterocycles. The van der Waals surface area contributed by atoms with Crippen LogP contribution in [-0.2, 0) is 29.6 Å². The number of hydrogen-bond donors (Lipinski definition) is 2. The number of carbonyl (C=O) groups excluding carboxylic acids is 1. The van der Waals surface area contributed by atoms with Gasteiger partial charge in [0.15, 0.2) is 5.78 Å². The minimum Gasteiger partial charge on any atom is -0.356 e. The van der Waals surface area contributed by atoms with E-state index in [1.807, 2.05) is 13.8 Å². The number of hydrogen-bond acceptors (Lipinski definition) is 6. The molecule has 10 heteroatoms. The zero-order valence-corrected chi connectivity index (χ0v) is 21.2. The quantitative estimate of drug-likeness (QED) is 0.494. The van der Waals surface area contributed by atoms with E-state index < -0.39 is 37.7 Å². The first kappa shape index (κ1) is 23.2. The van der Waals surface area contributed by atoms with Crippen molar-refractivity contribution in [1.82, 2.24) is 0 Å². The van der Waals surface area contributed by atoms with Crippen molar-refractivity contribution < 1.29 is 26.4 Å². The fourth-order valence-electron chi connectivity index (χ4n) is 5.13. The maximum Gasteiger partial charge on any atom is 0.261 e. The minimum absolute atomic E-state index is 0.0747. The van der Waals surface area contributed by atoms with Gasteiger partial charge in [-0.05, 0) is 63.1 Å². The van der Waals surface area contributed by atoms with Gasteiger partial charge in [-0.25, -0.2) is 16.8 Å². The van der Waals surface area contributed by atoms with Crippen molar-refractivity contribution in [2.75, 3.05) is 9.44 Å². The third-order valence-electron chi connectivity index (χ3n) is 7.25. The van der Waals surface area contributed by atoms with Crippen molar-refractivity contribution in [1.29, 1.82) is 0 Å². The molecule has 1 saturated heterocycles. The minimum atomic E-state index is -3.95. The molecule has 0 radical (unpaired) electrons. The normalized spacial score (nSPS) is 21.4. The SMILES string of the molecule is Cc1ccc(S(=O)(=O)Nc2ccc(NS(=O)(=O)c3ccc(C)cc3)c3c2C2OC3C3(CC3)C2=O)cc1. The van der Waals surface area contributed by atoms with Crippen LogP contribution in [0.1, 0.15) is 47.3 Å². The van der Waals surface area contributed by atoms with Crippen LogP contribution in [-0.4, -0.2) is 22.6 Å². The van der Waals surface area contributed by atoms with Gasteiger partial charge in [-0.1, -0.05) is 35.4 Å². The average Bonchev–Trinajstić information content (AvgIpc) is 3.45. The number of ether oxygens (including phenoxy) is 1. The van der Waals surface area contributed by atoms with E-state index in [4.69, 9.17) is 4.74 Å². The third-order valence-corrected chi connectivity index (χ3v) is 10.0. The van der Waals surface area contributed by atoms with Crippen LogP contribution in [0, 0.1) is 19.3 Å². The predicted molar refractivity (Wildman–Crippen MR) is 134 cm³/mol. The lowest BCUT2D eigenvalue weighted by Gasteiger charge is -2.25. The van der Waals surface area contributed by atoms with Crippen LogP contribution in [0.4, 0.5) is 11.4 Å². The van der Waals surface area contributed by atoms with Crippen molar-refractivity contribution in [3.05, 3.63) is 82.9 Å². The molecule has 2 atom stereocenters. The van der Waals surface area contributed by atoms with Crippen LogP contribution in [0.15, 0.2) is 70.5 Å². The van der Waals surface area contributed by atoms with Gasteiger partial charge in [-0.15, -0.1) is 0 Å². The molecule has 1 spiro atoms. The second-order valence-corrected chi connectivity index (χ2v) is 13.1. The van der Waals surface area contributed by atoms with Gasteiger partial charge in [-0.2, -0.15) is 0 Å². The lowest BCUT2D eigenvalue weighted by Crippen LogP contribution is -2.26. The number of ketones is 1. The molecule has 3 aliphatic rings. The van der Waals surface area contributed by atoms with Gasteiger partial charge in [0.25, 0.3) is 20.0 Å². The number of anilines is 2. The second kappa shape index (κ2) is 7.64. The smallest absolute Gasteiger partial charge is 0.261 e. The number of fused-ring (bicyclic) bond motifs is 6. The van der Waals surface area contributed by atoms with E-state index in [1.165, 1.54) is 36.4 Å². The summed E-state index contributed by atoms with van der Waals surface area (Å²) in [6.07, 6.45) is -0.233. The van der Waals surface area contributed by atoms with Gasteiger partial charge in [-0.3, -0.25) is 14.2 Å². The number of benzene rings is 3. The Hall–Kier alpha value is -3.21. The van der Waals surface area contributed by atoms with Gasteiger partial charge < -0.3 is 4.74 Å². The monoisotopic (exact) mass is 524 g/mol. The first-order valence-electron chi connectivity index (χ1n) is 11.6. The Morgan fingerprint density at radius 3 is 1.61 bits per heavy atom. The van der Waals surface area contributed by atoms with Crippen LogP contribution in [0.2, 0.25) is 0 Å². The Labute approximate surface area is 209 Å². The maximum absolute atomic E-state index is 13.2. The van der Waals surface area contributed by atoms with E-state index in [0.717, 1.165) is 11.1 Å². The summed E-state index contributed by atoms with van der Waals surface area (Å²) in [5.41, 5.74) is 2.59. The third kappa shape index (κ3) is 3.47. The van der Waals surface area contributed by atoms with E-state index in [0.29, 0.717) is 24.0 Å². The number of sulfonamides is 2. The molecule has 0 aromatic heterocycles. The molecule has 2 fully saturated rings. The first-order chi connectivity index (χ1) is 17.0. The van der Waals surface area contributed by atoms with E-state index in [1.54, 1.807) is 24.3 Å². The molecule has 1 aliphatic carbocycles. The van der Waals surface area contributed by atoms with Crippen LogP contribution >= 0.6 is 0 Å². The molecule has 3 aromatic carbocycles. The molecule has 8 nitrogen and oxygen atoms in total. The zero-order chi connectivity index (χ0) is 25.5. The molecule has 1 saturated carbocycles. The van der Waals surface area contributed by atoms with Gasteiger partial charge in [0.05, 0.1) is 32.7 Å². The molecule has 2 aliphatic heterocycles. The Bertz CT molecular complexity index is 1620. The van der Waals surface area contributed by atoms with Crippen molar-refractivity contribution in [2.24, 2.45) is 5.41 Å². The number of rotatable bonds is 6. The Kier molecular flexibility index (Phi) is 4.93. The molecule has 2 bridgehead atoms. The summed E-state index contributed by atoms with van der Waals surface area (Å²) in [6.45, 7) is 3.73. The fraction of sp³-hybridized carbons (Fsp3) is 0.269. The summed E-state index contributed by atoms with van der Waals surface area (Å²) >= 11 is 0. The van der Waals surface area contributed by atoms with E-state index in [2.05, 4.69) is 9.44 Å². The largest absolute Gasteiger partial charge is 0.356 e. The molecule has 186 valence electrons. The second-order valence-electron chi connectivity index (χ2n) is 9.74. The maximum atomic E-state index is 13.2. The first-order valence-corrected chi connectivity index (χ1v) is 14.5. The molecular formula is C26H24N2O6S2. The van der Waals surface area contributed by atoms with Crippen molar-refractivity contribution in [2.45, 2.75) is 48.7 Å². The Morgan fingerprint density at radius 2 is 1.17 bits per heavy atom. The lowest BCUT2D eigenvalue weighted by atomic mass is 9.79. The zero-order valence-electron chi connectivity index (χ0n) is 19.6. The number of aryl methyl sites for hydroxylation is 2. The lowest BCUT2D eigenvalue weighted by molar-refractivity contribution is -0.125. The summed E-state index contributed by atoms with van der Waals surface area (Å²) in [4.78, 5) is 13.3. The molecule has 2 unspecified atom stereocenters. The highest BCUT2D eigenvalue weighted by Crippen LogP contribution is 2.71. The van der Waals surface area contributed by atoms with Crippen LogP contribution in [0.5, 0.6) is 0 Å². The topological polar surface area (TPSA) is 119 Å². The number of Topliss-reactive ketones (excluding diaryl/α,β-unsaturated/α-hetero) is 1. The van der Waals surface area contributed by atoms with Crippen molar-refractivity contribution in [3.63, 3.8) is 0 Å².